The second-order valence-corrected chi connectivity index (χ2v) is 5.76. The highest BCUT2D eigenvalue weighted by atomic mass is 32.2. The van der Waals surface area contributed by atoms with Crippen molar-refractivity contribution < 1.29 is 14.6 Å². The Hall–Kier alpha value is -2.47. The number of nitrogens with zero attached hydrogens (tertiary/aromatic N) is 1. The third-order valence-corrected chi connectivity index (χ3v) is 3.78. The number of aromatic hydroxyl groups is 1. The van der Waals surface area contributed by atoms with Crippen molar-refractivity contribution >= 4 is 23.5 Å². The number of aliphatic imine (C=N–C) groups is 1. The van der Waals surface area contributed by atoms with E-state index in [1.54, 1.807) is 12.1 Å². The molecule has 120 valence electrons. The first-order valence-corrected chi connectivity index (χ1v) is 8.22. The predicted octanol–water partition coefficient (Wildman–Crippen LogP) is 2.44. The number of rotatable bonds is 7. The Kier molecular flexibility index (Phi) is 6.50. The molecule has 0 spiro atoms. The first-order chi connectivity index (χ1) is 11.1. The van der Waals surface area contributed by atoms with Gasteiger partial charge in [0.1, 0.15) is 17.3 Å². The third-order valence-electron chi connectivity index (χ3n) is 2.87. The third kappa shape index (κ3) is 6.04. The summed E-state index contributed by atoms with van der Waals surface area (Å²) >= 11 is 1.44. The van der Waals surface area contributed by atoms with Crippen LogP contribution in [0, 0.1) is 0 Å². The van der Waals surface area contributed by atoms with Gasteiger partial charge in [0.15, 0.2) is 0 Å². The smallest absolute Gasteiger partial charge is 0.257 e. The van der Waals surface area contributed by atoms with E-state index in [9.17, 15) is 9.90 Å². The van der Waals surface area contributed by atoms with Crippen molar-refractivity contribution in [1.29, 1.82) is 0 Å². The molecule has 1 amide bonds. The highest BCUT2D eigenvalue weighted by molar-refractivity contribution is 7.99. The highest BCUT2D eigenvalue weighted by Gasteiger charge is 2.04. The van der Waals surface area contributed by atoms with E-state index >= 15 is 0 Å². The number of amides is 1. The Balaban J connectivity index is 1.70. The molecule has 0 aliphatic carbocycles. The summed E-state index contributed by atoms with van der Waals surface area (Å²) in [6.07, 6.45) is 0. The number of ether oxygens (including phenoxy) is 1. The fourth-order valence-electron chi connectivity index (χ4n) is 1.76. The highest BCUT2D eigenvalue weighted by Crippen LogP contribution is 2.11. The Morgan fingerprint density at radius 2 is 1.83 bits per heavy atom. The molecule has 0 aromatic heterocycles. The zero-order valence-corrected chi connectivity index (χ0v) is 13.3. The summed E-state index contributed by atoms with van der Waals surface area (Å²) in [7, 11) is 0. The minimum Gasteiger partial charge on any atom is -0.508 e. The molecule has 0 unspecified atom stereocenters. The summed E-state index contributed by atoms with van der Waals surface area (Å²) in [6, 6.07) is 15.7. The van der Waals surface area contributed by atoms with Crippen molar-refractivity contribution in [3.8, 4) is 11.5 Å². The largest absolute Gasteiger partial charge is 0.508 e. The summed E-state index contributed by atoms with van der Waals surface area (Å²) in [6.45, 7) is 0.527. The number of benzene rings is 2. The molecule has 0 atom stereocenters. The second kappa shape index (κ2) is 8.85. The van der Waals surface area contributed by atoms with E-state index in [0.29, 0.717) is 17.9 Å². The van der Waals surface area contributed by atoms with E-state index in [1.807, 2.05) is 30.3 Å². The molecule has 2 rings (SSSR count). The normalized spacial score (nSPS) is 11.2. The first kappa shape index (κ1) is 16.9. The molecule has 23 heavy (non-hydrogen) atoms. The van der Waals surface area contributed by atoms with E-state index in [0.717, 1.165) is 5.75 Å². The van der Waals surface area contributed by atoms with Gasteiger partial charge >= 0.3 is 0 Å². The molecule has 2 aromatic rings. The fourth-order valence-corrected chi connectivity index (χ4v) is 2.34. The molecular weight excluding hydrogens is 312 g/mol. The lowest BCUT2D eigenvalue weighted by atomic mass is 10.2. The molecule has 0 radical (unpaired) electrons. The number of phenolic OH excluding ortho intramolecular Hbond substituents is 1. The van der Waals surface area contributed by atoms with E-state index in [1.165, 1.54) is 23.9 Å². The van der Waals surface area contributed by atoms with E-state index in [-0.39, 0.29) is 23.2 Å². The number of nitrogens with two attached hydrogens (primary N) is 1. The van der Waals surface area contributed by atoms with Gasteiger partial charge in [-0.2, -0.15) is 4.99 Å². The molecule has 0 saturated carbocycles. The average Bonchev–Trinajstić information content (AvgIpc) is 2.56. The van der Waals surface area contributed by atoms with Crippen LogP contribution in [0.3, 0.4) is 0 Å². The summed E-state index contributed by atoms with van der Waals surface area (Å²) in [5.41, 5.74) is 6.37. The Morgan fingerprint density at radius 1 is 1.13 bits per heavy atom. The van der Waals surface area contributed by atoms with Crippen molar-refractivity contribution in [3.05, 3.63) is 60.2 Å². The van der Waals surface area contributed by atoms with Gasteiger partial charge in [-0.3, -0.25) is 4.79 Å². The van der Waals surface area contributed by atoms with Crippen LogP contribution in [0.2, 0.25) is 0 Å². The average molecular weight is 330 g/mol. The van der Waals surface area contributed by atoms with Gasteiger partial charge in [-0.05, 0) is 36.4 Å². The number of hydrogen-bond acceptors (Lipinski definition) is 4. The minimum atomic E-state index is -0.291. The van der Waals surface area contributed by atoms with Crippen molar-refractivity contribution in [2.75, 3.05) is 18.1 Å². The molecule has 0 fully saturated rings. The maximum atomic E-state index is 11.7. The van der Waals surface area contributed by atoms with Gasteiger partial charge in [-0.1, -0.05) is 18.2 Å². The molecule has 0 aliphatic heterocycles. The number of amidine groups is 1. The zero-order chi connectivity index (χ0) is 16.5. The molecular formula is C17H18N2O3S. The molecule has 0 heterocycles. The summed E-state index contributed by atoms with van der Waals surface area (Å²) in [4.78, 5) is 15.6. The number of carbonyl (C=O) groups is 1. The van der Waals surface area contributed by atoms with Gasteiger partial charge in [-0.25, -0.2) is 0 Å². The van der Waals surface area contributed by atoms with Crippen LogP contribution in [0.25, 0.3) is 0 Å². The van der Waals surface area contributed by atoms with E-state index in [2.05, 4.69) is 4.99 Å². The fraction of sp³-hybridized carbons (Fsp3) is 0.176. The van der Waals surface area contributed by atoms with Crippen LogP contribution >= 0.6 is 11.8 Å². The summed E-state index contributed by atoms with van der Waals surface area (Å²) < 4.78 is 5.53. The lowest BCUT2D eigenvalue weighted by molar-refractivity contribution is -0.115. The van der Waals surface area contributed by atoms with Crippen molar-refractivity contribution in [1.82, 2.24) is 0 Å². The van der Waals surface area contributed by atoms with Crippen LogP contribution in [0.15, 0.2) is 59.6 Å². The quantitative estimate of drug-likeness (QED) is 0.463. The van der Waals surface area contributed by atoms with Crippen molar-refractivity contribution in [2.24, 2.45) is 10.7 Å². The predicted molar refractivity (Wildman–Crippen MR) is 93.1 cm³/mol. The maximum absolute atomic E-state index is 11.7. The second-order valence-electron chi connectivity index (χ2n) is 4.65. The first-order valence-electron chi connectivity index (χ1n) is 7.07. The van der Waals surface area contributed by atoms with Crippen LogP contribution in [-0.2, 0) is 4.79 Å². The molecule has 3 N–H and O–H groups in total. The molecule has 0 saturated heterocycles. The monoisotopic (exact) mass is 330 g/mol. The van der Waals surface area contributed by atoms with Gasteiger partial charge in [0.25, 0.3) is 5.91 Å². The molecule has 6 heteroatoms. The Morgan fingerprint density at radius 3 is 2.52 bits per heavy atom. The van der Waals surface area contributed by atoms with E-state index in [4.69, 9.17) is 10.5 Å². The van der Waals surface area contributed by atoms with Crippen LogP contribution in [0.1, 0.15) is 5.56 Å². The number of hydrogen-bond donors (Lipinski definition) is 2. The maximum Gasteiger partial charge on any atom is 0.257 e. The van der Waals surface area contributed by atoms with Crippen LogP contribution in [-0.4, -0.2) is 35.0 Å². The van der Waals surface area contributed by atoms with Gasteiger partial charge in [0.05, 0.1) is 12.4 Å². The van der Waals surface area contributed by atoms with Gasteiger partial charge < -0.3 is 15.6 Å². The van der Waals surface area contributed by atoms with E-state index < -0.39 is 0 Å². The summed E-state index contributed by atoms with van der Waals surface area (Å²) in [5, 5.41) is 9.21. The molecule has 0 aliphatic rings. The van der Waals surface area contributed by atoms with Gasteiger partial charge in [0, 0.05) is 11.3 Å². The lowest BCUT2D eigenvalue weighted by Gasteiger charge is -2.05. The Bertz CT molecular complexity index is 657. The van der Waals surface area contributed by atoms with Crippen molar-refractivity contribution in [3.63, 3.8) is 0 Å². The topological polar surface area (TPSA) is 84.9 Å². The van der Waals surface area contributed by atoms with Gasteiger partial charge in [-0.15, -0.1) is 11.8 Å². The SMILES string of the molecule is NC(=NC(=O)CSCCOc1ccccc1)c1ccc(O)cc1. The van der Waals surface area contributed by atoms with Crippen molar-refractivity contribution in [2.45, 2.75) is 0 Å². The number of para-hydroxylation sites is 1. The number of phenols is 1. The van der Waals surface area contributed by atoms with Crippen LogP contribution < -0.4 is 10.5 Å². The lowest BCUT2D eigenvalue weighted by Crippen LogP contribution is -2.16. The standard InChI is InChI=1S/C17H18N2O3S/c18-17(13-6-8-14(20)9-7-13)19-16(21)12-23-11-10-22-15-4-2-1-3-5-15/h1-9,20H,10-12H2,(H2,18,19,21). The Labute approximate surface area is 139 Å². The summed E-state index contributed by atoms with van der Waals surface area (Å²) in [5.74, 6) is 1.75. The molecule has 2 aromatic carbocycles. The number of carbonyl (C=O) groups excluding carboxylic acids is 1. The number of thioether (sulfide) groups is 1. The minimum absolute atomic E-state index is 0.141. The zero-order valence-electron chi connectivity index (χ0n) is 12.5. The van der Waals surface area contributed by atoms with Crippen LogP contribution in [0.4, 0.5) is 0 Å². The molecule has 5 nitrogen and oxygen atoms in total. The van der Waals surface area contributed by atoms with Crippen LogP contribution in [0.5, 0.6) is 11.5 Å². The van der Waals surface area contributed by atoms with Gasteiger partial charge in [0.2, 0.25) is 0 Å². The molecule has 0 bridgehead atoms.